The van der Waals surface area contributed by atoms with Crippen LogP contribution in [0.25, 0.3) is 0 Å². The number of para-hydroxylation sites is 2. The molecule has 0 saturated heterocycles. The summed E-state index contributed by atoms with van der Waals surface area (Å²) >= 11 is 0. The van der Waals surface area contributed by atoms with Gasteiger partial charge in [0.15, 0.2) is 6.10 Å². The van der Waals surface area contributed by atoms with Crippen LogP contribution in [0, 0.1) is 5.92 Å². The fraction of sp³-hybridized carbons (Fsp3) is 0.438. The van der Waals surface area contributed by atoms with Gasteiger partial charge in [-0.15, -0.1) is 0 Å². The highest BCUT2D eigenvalue weighted by atomic mass is 16.7. The number of aliphatic hydroxyl groups is 1. The van der Waals surface area contributed by atoms with Crippen molar-refractivity contribution in [1.29, 1.82) is 0 Å². The second kappa shape index (κ2) is 14.6. The Bertz CT molecular complexity index is 885. The average molecular weight is 475 g/mol. The molecule has 1 N–H and O–H groups in total. The van der Waals surface area contributed by atoms with Crippen LogP contribution in [0.5, 0.6) is 11.5 Å². The summed E-state index contributed by atoms with van der Waals surface area (Å²) in [6.07, 6.45) is 9.23. The summed E-state index contributed by atoms with van der Waals surface area (Å²) in [4.78, 5) is 0. The van der Waals surface area contributed by atoms with E-state index in [-0.39, 0.29) is 5.92 Å². The Morgan fingerprint density at radius 3 is 1.60 bits per heavy atom. The number of hydrogen-bond donors (Lipinski definition) is 1. The lowest BCUT2D eigenvalue weighted by molar-refractivity contribution is -0.226. The van der Waals surface area contributed by atoms with Gasteiger partial charge in [0, 0.05) is 5.92 Å². The molecule has 0 heterocycles. The van der Waals surface area contributed by atoms with Crippen LogP contribution in [0.1, 0.15) is 83.3 Å². The second-order valence-corrected chi connectivity index (χ2v) is 9.41. The summed E-state index contributed by atoms with van der Waals surface area (Å²) in [7, 11) is 0. The first kappa shape index (κ1) is 26.8. The molecule has 3 nitrogen and oxygen atoms in total. The molecule has 0 aliphatic heterocycles. The standard InChI is InChI=1S/C32H42O3/c1-3-5-6-7-8-14-22-28(19-4-2)32(34-29-23-15-10-16-24-29,35-30-25-17-11-18-26-30)31(33)27-20-12-9-13-21-27/h9-13,15-18,20-21,23-26,28,31,33H,3-8,14,19,22H2,1-2H3. The first-order valence-electron chi connectivity index (χ1n) is 13.4. The molecule has 3 heteroatoms. The first-order valence-corrected chi connectivity index (χ1v) is 13.4. The molecule has 2 unspecified atom stereocenters. The number of aliphatic hydroxyl groups excluding tert-OH is 1. The van der Waals surface area contributed by atoms with Gasteiger partial charge in [-0.3, -0.25) is 0 Å². The average Bonchev–Trinajstić information content (AvgIpc) is 2.91. The van der Waals surface area contributed by atoms with E-state index < -0.39 is 11.9 Å². The van der Waals surface area contributed by atoms with Crippen LogP contribution in [0.3, 0.4) is 0 Å². The molecule has 3 aromatic carbocycles. The fourth-order valence-electron chi connectivity index (χ4n) is 4.80. The molecule has 0 bridgehead atoms. The minimum Gasteiger partial charge on any atom is -0.449 e. The van der Waals surface area contributed by atoms with Crippen LogP contribution in [-0.2, 0) is 0 Å². The van der Waals surface area contributed by atoms with Gasteiger partial charge < -0.3 is 14.6 Å². The highest BCUT2D eigenvalue weighted by molar-refractivity contribution is 5.28. The predicted octanol–water partition coefficient (Wildman–Crippen LogP) is 8.74. The minimum atomic E-state index is -1.26. The Morgan fingerprint density at radius 2 is 1.09 bits per heavy atom. The Labute approximate surface area is 212 Å². The van der Waals surface area contributed by atoms with Gasteiger partial charge in [-0.1, -0.05) is 126 Å². The van der Waals surface area contributed by atoms with Crippen LogP contribution in [0.2, 0.25) is 0 Å². The summed E-state index contributed by atoms with van der Waals surface area (Å²) < 4.78 is 13.5. The molecular formula is C32H42O3. The second-order valence-electron chi connectivity index (χ2n) is 9.41. The normalized spacial score (nSPS) is 13.2. The van der Waals surface area contributed by atoms with Crippen molar-refractivity contribution in [2.24, 2.45) is 5.92 Å². The molecule has 35 heavy (non-hydrogen) atoms. The third-order valence-electron chi connectivity index (χ3n) is 6.65. The van der Waals surface area contributed by atoms with Crippen molar-refractivity contribution in [1.82, 2.24) is 0 Å². The summed E-state index contributed by atoms with van der Waals surface area (Å²) in [6.45, 7) is 4.44. The zero-order valence-corrected chi connectivity index (χ0v) is 21.4. The third-order valence-corrected chi connectivity index (χ3v) is 6.65. The summed E-state index contributed by atoms with van der Waals surface area (Å²) in [5.74, 6) is 0.142. The summed E-state index contributed by atoms with van der Waals surface area (Å²) in [5.41, 5.74) is 0.795. The van der Waals surface area contributed by atoms with Gasteiger partial charge in [-0.25, -0.2) is 0 Å². The lowest BCUT2D eigenvalue weighted by Gasteiger charge is -2.44. The summed E-state index contributed by atoms with van der Waals surface area (Å²) in [6, 6.07) is 29.3. The highest BCUT2D eigenvalue weighted by Crippen LogP contribution is 2.43. The molecule has 3 aromatic rings. The molecule has 0 aromatic heterocycles. The van der Waals surface area contributed by atoms with Crippen molar-refractivity contribution in [3.05, 3.63) is 96.6 Å². The van der Waals surface area contributed by atoms with Gasteiger partial charge in [-0.2, -0.15) is 0 Å². The van der Waals surface area contributed by atoms with Crippen LogP contribution < -0.4 is 9.47 Å². The molecule has 188 valence electrons. The van der Waals surface area contributed by atoms with E-state index in [1.807, 2.05) is 91.0 Å². The quantitative estimate of drug-likeness (QED) is 0.167. The number of benzene rings is 3. The Hall–Kier alpha value is -2.78. The monoisotopic (exact) mass is 474 g/mol. The van der Waals surface area contributed by atoms with Gasteiger partial charge in [0.25, 0.3) is 5.79 Å². The molecular weight excluding hydrogens is 432 g/mol. The van der Waals surface area contributed by atoms with E-state index in [1.54, 1.807) is 0 Å². The van der Waals surface area contributed by atoms with E-state index in [0.717, 1.165) is 31.2 Å². The lowest BCUT2D eigenvalue weighted by Crippen LogP contribution is -2.54. The predicted molar refractivity (Wildman–Crippen MR) is 145 cm³/mol. The molecule has 0 spiro atoms. The van der Waals surface area contributed by atoms with E-state index in [0.29, 0.717) is 11.5 Å². The van der Waals surface area contributed by atoms with Crippen molar-refractivity contribution >= 4 is 0 Å². The maximum atomic E-state index is 12.0. The molecule has 0 saturated carbocycles. The van der Waals surface area contributed by atoms with Crippen molar-refractivity contribution < 1.29 is 14.6 Å². The van der Waals surface area contributed by atoms with E-state index in [4.69, 9.17) is 9.47 Å². The van der Waals surface area contributed by atoms with Crippen molar-refractivity contribution in [2.45, 2.75) is 83.5 Å². The van der Waals surface area contributed by atoms with E-state index >= 15 is 0 Å². The van der Waals surface area contributed by atoms with Crippen LogP contribution >= 0.6 is 0 Å². The first-order chi connectivity index (χ1) is 17.2. The Kier molecular flexibility index (Phi) is 11.2. The summed E-state index contributed by atoms with van der Waals surface area (Å²) in [5, 5.41) is 12.0. The van der Waals surface area contributed by atoms with E-state index in [1.165, 1.54) is 32.1 Å². The SMILES string of the molecule is CCCCCCCCC(CCC)C(Oc1ccccc1)(Oc1ccccc1)C(O)c1ccccc1. The van der Waals surface area contributed by atoms with Gasteiger partial charge in [-0.05, 0) is 42.7 Å². The van der Waals surface area contributed by atoms with Crippen molar-refractivity contribution in [3.63, 3.8) is 0 Å². The molecule has 0 radical (unpaired) electrons. The van der Waals surface area contributed by atoms with Gasteiger partial charge >= 0.3 is 0 Å². The topological polar surface area (TPSA) is 38.7 Å². The zero-order valence-electron chi connectivity index (χ0n) is 21.4. The van der Waals surface area contributed by atoms with Crippen molar-refractivity contribution in [3.8, 4) is 11.5 Å². The van der Waals surface area contributed by atoms with Crippen LogP contribution in [0.4, 0.5) is 0 Å². The maximum absolute atomic E-state index is 12.0. The fourth-order valence-corrected chi connectivity index (χ4v) is 4.80. The molecule has 0 aliphatic carbocycles. The van der Waals surface area contributed by atoms with E-state index in [9.17, 15) is 5.11 Å². The van der Waals surface area contributed by atoms with Crippen molar-refractivity contribution in [2.75, 3.05) is 0 Å². The number of unbranched alkanes of at least 4 members (excludes halogenated alkanes) is 5. The lowest BCUT2D eigenvalue weighted by atomic mass is 9.82. The highest BCUT2D eigenvalue weighted by Gasteiger charge is 2.50. The van der Waals surface area contributed by atoms with Crippen LogP contribution in [-0.4, -0.2) is 10.9 Å². The Balaban J connectivity index is 2.00. The molecule has 3 rings (SSSR count). The molecule has 0 aliphatic rings. The minimum absolute atomic E-state index is 0.00861. The molecule has 2 atom stereocenters. The maximum Gasteiger partial charge on any atom is 0.284 e. The number of hydrogen-bond acceptors (Lipinski definition) is 3. The van der Waals surface area contributed by atoms with Gasteiger partial charge in [0.2, 0.25) is 0 Å². The smallest absolute Gasteiger partial charge is 0.284 e. The molecule has 0 amide bonds. The largest absolute Gasteiger partial charge is 0.449 e. The number of ether oxygens (including phenoxy) is 2. The van der Waals surface area contributed by atoms with E-state index in [2.05, 4.69) is 13.8 Å². The van der Waals surface area contributed by atoms with Gasteiger partial charge in [0.1, 0.15) is 11.5 Å². The van der Waals surface area contributed by atoms with Crippen LogP contribution in [0.15, 0.2) is 91.0 Å². The van der Waals surface area contributed by atoms with Gasteiger partial charge in [0.05, 0.1) is 0 Å². The molecule has 0 fully saturated rings. The number of rotatable bonds is 16. The third kappa shape index (κ3) is 7.86. The Morgan fingerprint density at radius 1 is 0.600 bits per heavy atom. The zero-order chi connectivity index (χ0) is 24.8.